The van der Waals surface area contributed by atoms with Crippen molar-refractivity contribution in [2.24, 2.45) is 17.8 Å². The molecule has 1 nitrogen and oxygen atoms in total. The van der Waals surface area contributed by atoms with Crippen LogP contribution in [0.25, 0.3) is 0 Å². The Balaban J connectivity index is 2.09. The van der Waals surface area contributed by atoms with Gasteiger partial charge in [-0.25, -0.2) is 0 Å². The molecule has 1 aliphatic carbocycles. The number of hydrogen-bond acceptors (Lipinski definition) is 2. The van der Waals surface area contributed by atoms with Crippen LogP contribution in [0.1, 0.15) is 51.5 Å². The van der Waals surface area contributed by atoms with E-state index < -0.39 is 0 Å². The molecule has 1 aromatic carbocycles. The molecule has 1 saturated carbocycles. The molecule has 1 aromatic rings. The smallest absolute Gasteiger partial charge is 0.200 e. The second-order valence-corrected chi connectivity index (χ2v) is 8.17. The summed E-state index contributed by atoms with van der Waals surface area (Å²) in [4.78, 5) is 12.8. The predicted octanol–water partition coefficient (Wildman–Crippen LogP) is 5.68. The van der Waals surface area contributed by atoms with Gasteiger partial charge in [-0.05, 0) is 36.2 Å². The average molecular weight is 317 g/mol. The van der Waals surface area contributed by atoms with Gasteiger partial charge < -0.3 is 0 Å². The van der Waals surface area contributed by atoms with Gasteiger partial charge in [0.15, 0.2) is 5.12 Å². The molecule has 2 heteroatoms. The minimum absolute atomic E-state index is 0.184. The highest BCUT2D eigenvalue weighted by Crippen LogP contribution is 2.42. The Bertz CT molecular complexity index is 494. The highest BCUT2D eigenvalue weighted by atomic mass is 32.2. The Morgan fingerprint density at radius 3 is 2.55 bits per heavy atom. The average Bonchev–Trinajstić information content (AvgIpc) is 2.48. The molecule has 0 bridgehead atoms. The number of allylic oxidation sites excluding steroid dienone is 1. The molecule has 0 aromatic heterocycles. The number of rotatable bonds is 5. The minimum Gasteiger partial charge on any atom is -0.286 e. The summed E-state index contributed by atoms with van der Waals surface area (Å²) < 4.78 is 0. The Hall–Kier alpha value is -1.02. The van der Waals surface area contributed by atoms with Crippen LogP contribution in [0.3, 0.4) is 0 Å². The normalized spacial score (nSPS) is 26.6. The van der Waals surface area contributed by atoms with E-state index in [2.05, 4.69) is 27.4 Å². The Morgan fingerprint density at radius 1 is 1.27 bits per heavy atom. The highest BCUT2D eigenvalue weighted by Gasteiger charge is 2.34. The van der Waals surface area contributed by atoms with Crippen molar-refractivity contribution >= 4 is 16.9 Å². The molecule has 0 saturated heterocycles. The topological polar surface area (TPSA) is 17.1 Å². The van der Waals surface area contributed by atoms with Crippen molar-refractivity contribution in [1.82, 2.24) is 0 Å². The molecule has 22 heavy (non-hydrogen) atoms. The number of carbonyl (C=O) groups is 1. The van der Waals surface area contributed by atoms with E-state index in [9.17, 15) is 4.79 Å². The van der Waals surface area contributed by atoms with Crippen LogP contribution in [-0.4, -0.2) is 10.4 Å². The molecular weight excluding hydrogens is 288 g/mol. The van der Waals surface area contributed by atoms with Gasteiger partial charge in [-0.2, -0.15) is 0 Å². The van der Waals surface area contributed by atoms with Crippen molar-refractivity contribution in [3.05, 3.63) is 48.6 Å². The zero-order chi connectivity index (χ0) is 16.1. The molecule has 0 N–H and O–H groups in total. The lowest BCUT2D eigenvalue weighted by Crippen LogP contribution is -2.31. The van der Waals surface area contributed by atoms with Gasteiger partial charge in [0.1, 0.15) is 0 Å². The standard InChI is InChI=1S/C20H28OS/c1-5-17(16-9-7-6-8-10-16)20(21)22-19-13-15(4)11-12-18(19)14(2)3/h5-10,14-15,17-19H,1,11-13H2,2-4H3/t15-,17+,18+,19-/m1/s1. The van der Waals surface area contributed by atoms with E-state index in [1.807, 2.05) is 30.3 Å². The molecule has 0 radical (unpaired) electrons. The van der Waals surface area contributed by atoms with Crippen molar-refractivity contribution < 1.29 is 4.79 Å². The zero-order valence-electron chi connectivity index (χ0n) is 14.0. The molecule has 0 spiro atoms. The highest BCUT2D eigenvalue weighted by molar-refractivity contribution is 8.14. The molecule has 2 rings (SSSR count). The van der Waals surface area contributed by atoms with Gasteiger partial charge >= 0.3 is 0 Å². The third-order valence-corrected chi connectivity index (χ3v) is 6.21. The first-order valence-corrected chi connectivity index (χ1v) is 9.28. The molecule has 1 aliphatic rings. The largest absolute Gasteiger partial charge is 0.286 e. The second kappa shape index (κ2) is 8.01. The fourth-order valence-corrected chi connectivity index (χ4v) is 5.23. The Morgan fingerprint density at radius 2 is 1.95 bits per heavy atom. The summed E-state index contributed by atoms with van der Waals surface area (Å²) in [6.07, 6.45) is 5.52. The first-order chi connectivity index (χ1) is 10.5. The summed E-state index contributed by atoms with van der Waals surface area (Å²) in [7, 11) is 0. The number of benzene rings is 1. The molecular formula is C20H28OS. The molecule has 0 unspecified atom stereocenters. The van der Waals surface area contributed by atoms with Crippen LogP contribution in [0.15, 0.2) is 43.0 Å². The molecule has 4 atom stereocenters. The maximum atomic E-state index is 12.8. The van der Waals surface area contributed by atoms with Crippen LogP contribution in [-0.2, 0) is 4.79 Å². The van der Waals surface area contributed by atoms with E-state index in [1.165, 1.54) is 12.8 Å². The summed E-state index contributed by atoms with van der Waals surface area (Å²) in [6.45, 7) is 10.8. The van der Waals surface area contributed by atoms with E-state index in [4.69, 9.17) is 0 Å². The lowest BCUT2D eigenvalue weighted by Gasteiger charge is -2.36. The van der Waals surface area contributed by atoms with Crippen molar-refractivity contribution in [2.45, 2.75) is 51.2 Å². The van der Waals surface area contributed by atoms with E-state index in [0.717, 1.165) is 17.9 Å². The van der Waals surface area contributed by atoms with Crippen LogP contribution in [0.4, 0.5) is 0 Å². The Labute approximate surface area is 139 Å². The Kier molecular flexibility index (Phi) is 6.31. The maximum Gasteiger partial charge on any atom is 0.200 e. The third kappa shape index (κ3) is 4.25. The van der Waals surface area contributed by atoms with Crippen molar-refractivity contribution in [3.8, 4) is 0 Å². The molecule has 0 amide bonds. The van der Waals surface area contributed by atoms with Gasteiger partial charge in [-0.3, -0.25) is 4.79 Å². The van der Waals surface area contributed by atoms with Gasteiger partial charge in [0.05, 0.1) is 5.92 Å². The zero-order valence-corrected chi connectivity index (χ0v) is 14.8. The summed E-state index contributed by atoms with van der Waals surface area (Å²) >= 11 is 1.58. The van der Waals surface area contributed by atoms with Gasteiger partial charge in [-0.15, -0.1) is 6.58 Å². The van der Waals surface area contributed by atoms with Crippen molar-refractivity contribution in [1.29, 1.82) is 0 Å². The molecule has 0 aliphatic heterocycles. The molecule has 1 fully saturated rings. The minimum atomic E-state index is -0.184. The van der Waals surface area contributed by atoms with Gasteiger partial charge in [-0.1, -0.05) is 75.4 Å². The molecule has 0 heterocycles. The lowest BCUT2D eigenvalue weighted by molar-refractivity contribution is -0.111. The van der Waals surface area contributed by atoms with E-state index in [0.29, 0.717) is 17.1 Å². The first kappa shape index (κ1) is 17.3. The monoisotopic (exact) mass is 316 g/mol. The number of carbonyl (C=O) groups excluding carboxylic acids is 1. The summed E-state index contributed by atoms with van der Waals surface area (Å²) in [5.74, 6) is 1.86. The van der Waals surface area contributed by atoms with Crippen molar-refractivity contribution in [3.63, 3.8) is 0 Å². The van der Waals surface area contributed by atoms with Crippen LogP contribution < -0.4 is 0 Å². The number of thioether (sulfide) groups is 1. The SMILES string of the molecule is C=C[C@H](C(=O)S[C@@H]1C[C@H](C)CC[C@H]1C(C)C)c1ccccc1. The predicted molar refractivity (Wildman–Crippen MR) is 97.1 cm³/mol. The molecule has 120 valence electrons. The summed E-state index contributed by atoms with van der Waals surface area (Å²) in [6, 6.07) is 10.0. The van der Waals surface area contributed by atoms with Crippen LogP contribution >= 0.6 is 11.8 Å². The van der Waals surface area contributed by atoms with E-state index in [-0.39, 0.29) is 11.0 Å². The summed E-state index contributed by atoms with van der Waals surface area (Å²) in [5.41, 5.74) is 1.06. The maximum absolute atomic E-state index is 12.8. The van der Waals surface area contributed by atoms with Crippen LogP contribution in [0, 0.1) is 17.8 Å². The first-order valence-electron chi connectivity index (χ1n) is 8.41. The fourth-order valence-electron chi connectivity index (χ4n) is 3.50. The van der Waals surface area contributed by atoms with E-state index >= 15 is 0 Å². The summed E-state index contributed by atoms with van der Waals surface area (Å²) in [5, 5.41) is 0.716. The third-order valence-electron chi connectivity index (χ3n) is 4.88. The van der Waals surface area contributed by atoms with Crippen molar-refractivity contribution in [2.75, 3.05) is 0 Å². The van der Waals surface area contributed by atoms with Crippen LogP contribution in [0.2, 0.25) is 0 Å². The quantitative estimate of drug-likeness (QED) is 0.650. The van der Waals surface area contributed by atoms with Crippen LogP contribution in [0.5, 0.6) is 0 Å². The fraction of sp³-hybridized carbons (Fsp3) is 0.550. The van der Waals surface area contributed by atoms with Gasteiger partial charge in [0.2, 0.25) is 0 Å². The second-order valence-electron chi connectivity index (χ2n) is 6.93. The van der Waals surface area contributed by atoms with Gasteiger partial charge in [0, 0.05) is 5.25 Å². The van der Waals surface area contributed by atoms with Gasteiger partial charge in [0.25, 0.3) is 0 Å². The lowest BCUT2D eigenvalue weighted by atomic mass is 9.77. The van der Waals surface area contributed by atoms with E-state index in [1.54, 1.807) is 17.8 Å². The number of hydrogen-bond donors (Lipinski definition) is 0.